The maximum Gasteiger partial charge on any atom is 0.277 e. The van der Waals surface area contributed by atoms with Gasteiger partial charge in [-0.05, 0) is 19.8 Å². The summed E-state index contributed by atoms with van der Waals surface area (Å²) in [6, 6.07) is 0. The van der Waals surface area contributed by atoms with Crippen LogP contribution in [-0.2, 0) is 10.3 Å². The highest BCUT2D eigenvalue weighted by Gasteiger charge is 2.38. The Labute approximate surface area is 127 Å². The first-order chi connectivity index (χ1) is 10.2. The number of thiazole rings is 1. The smallest absolute Gasteiger partial charge is 0.277 e. The van der Waals surface area contributed by atoms with Gasteiger partial charge in [0.05, 0.1) is 0 Å². The number of aromatic nitrogens is 3. The van der Waals surface area contributed by atoms with Crippen LogP contribution >= 0.6 is 11.3 Å². The van der Waals surface area contributed by atoms with Gasteiger partial charge in [-0.25, -0.2) is 4.98 Å². The predicted molar refractivity (Wildman–Crippen MR) is 80.8 cm³/mol. The van der Waals surface area contributed by atoms with Gasteiger partial charge in [0, 0.05) is 12.0 Å². The molecule has 0 bridgehead atoms. The van der Waals surface area contributed by atoms with Crippen LogP contribution in [0.15, 0.2) is 9.90 Å². The number of nitrogens with two attached hydrogens (primary N) is 1. The Morgan fingerprint density at radius 2 is 2.05 bits per heavy atom. The molecule has 0 spiro atoms. The fourth-order valence-electron chi connectivity index (χ4n) is 2.91. The molecule has 2 heterocycles. The average molecular weight is 308 g/mol. The quantitative estimate of drug-likeness (QED) is 0.871. The lowest BCUT2D eigenvalue weighted by Crippen LogP contribution is -2.30. The van der Waals surface area contributed by atoms with Gasteiger partial charge < -0.3 is 15.0 Å². The van der Waals surface area contributed by atoms with E-state index in [0.717, 1.165) is 25.7 Å². The molecule has 21 heavy (non-hydrogen) atoms. The van der Waals surface area contributed by atoms with E-state index in [4.69, 9.17) is 15.0 Å². The molecule has 7 heteroatoms. The Hall–Kier alpha value is -1.47. The van der Waals surface area contributed by atoms with Crippen LogP contribution in [0.2, 0.25) is 0 Å². The van der Waals surface area contributed by atoms with Crippen LogP contribution in [-0.4, -0.2) is 21.7 Å². The highest BCUT2D eigenvalue weighted by Crippen LogP contribution is 2.38. The van der Waals surface area contributed by atoms with Crippen molar-refractivity contribution in [2.45, 2.75) is 51.0 Å². The van der Waals surface area contributed by atoms with Crippen molar-refractivity contribution in [3.05, 3.63) is 11.2 Å². The number of nitrogen functional groups attached to an aromatic ring is 1. The van der Waals surface area contributed by atoms with Gasteiger partial charge in [0.1, 0.15) is 11.3 Å². The maximum absolute atomic E-state index is 6.06. The first-order valence-electron chi connectivity index (χ1n) is 7.43. The molecule has 2 N–H and O–H groups in total. The Kier molecular flexibility index (Phi) is 4.21. The third-order valence-corrected chi connectivity index (χ3v) is 4.58. The summed E-state index contributed by atoms with van der Waals surface area (Å²) in [5.41, 5.74) is 5.88. The lowest BCUT2D eigenvalue weighted by molar-refractivity contribution is -0.0636. The molecule has 1 saturated carbocycles. The molecule has 1 fully saturated rings. The van der Waals surface area contributed by atoms with Gasteiger partial charge in [-0.2, -0.15) is 4.98 Å². The molecule has 0 aromatic carbocycles. The van der Waals surface area contributed by atoms with E-state index < -0.39 is 5.60 Å². The van der Waals surface area contributed by atoms with E-state index >= 15 is 0 Å². The van der Waals surface area contributed by atoms with E-state index in [9.17, 15) is 0 Å². The molecule has 1 aliphatic rings. The second-order valence-electron chi connectivity index (χ2n) is 5.34. The van der Waals surface area contributed by atoms with Crippen molar-refractivity contribution < 1.29 is 9.26 Å². The fourth-order valence-corrected chi connectivity index (χ4v) is 3.44. The largest absolute Gasteiger partial charge is 0.375 e. The summed E-state index contributed by atoms with van der Waals surface area (Å²) in [5.74, 6) is 1.06. The van der Waals surface area contributed by atoms with Crippen molar-refractivity contribution in [2.24, 2.45) is 0 Å². The van der Waals surface area contributed by atoms with Gasteiger partial charge in [0.2, 0.25) is 5.82 Å². The molecule has 3 rings (SSSR count). The molecule has 2 aromatic heterocycles. The molecule has 0 unspecified atom stereocenters. The number of rotatable bonds is 4. The molecule has 6 nitrogen and oxygen atoms in total. The van der Waals surface area contributed by atoms with E-state index in [1.807, 2.05) is 12.3 Å². The van der Waals surface area contributed by atoms with Gasteiger partial charge in [0.15, 0.2) is 5.13 Å². The minimum atomic E-state index is -0.408. The van der Waals surface area contributed by atoms with Crippen molar-refractivity contribution >= 4 is 16.5 Å². The Balaban J connectivity index is 1.91. The zero-order valence-corrected chi connectivity index (χ0v) is 13.0. The van der Waals surface area contributed by atoms with Crippen molar-refractivity contribution in [1.29, 1.82) is 0 Å². The zero-order chi connectivity index (χ0) is 14.7. The average Bonchev–Trinajstić information content (AvgIpc) is 3.06. The topological polar surface area (TPSA) is 87.1 Å². The second-order valence-corrected chi connectivity index (χ2v) is 6.23. The normalized spacial score (nSPS) is 18.5. The molecular weight excluding hydrogens is 288 g/mol. The van der Waals surface area contributed by atoms with E-state index in [1.54, 1.807) is 0 Å². The summed E-state index contributed by atoms with van der Waals surface area (Å²) in [4.78, 5) is 8.72. The first-order valence-corrected chi connectivity index (χ1v) is 8.31. The number of anilines is 1. The van der Waals surface area contributed by atoms with Crippen molar-refractivity contribution in [2.75, 3.05) is 12.3 Å². The van der Waals surface area contributed by atoms with Gasteiger partial charge in [-0.1, -0.05) is 30.8 Å². The lowest BCUT2D eigenvalue weighted by Gasteiger charge is -2.29. The zero-order valence-electron chi connectivity index (χ0n) is 12.2. The van der Waals surface area contributed by atoms with E-state index in [0.29, 0.717) is 29.1 Å². The van der Waals surface area contributed by atoms with Crippen LogP contribution in [0.4, 0.5) is 5.13 Å². The molecule has 2 aromatic rings. The Morgan fingerprint density at radius 1 is 1.29 bits per heavy atom. The van der Waals surface area contributed by atoms with Gasteiger partial charge in [-0.15, -0.1) is 11.3 Å². The first kappa shape index (κ1) is 14.5. The summed E-state index contributed by atoms with van der Waals surface area (Å²) >= 11 is 1.36. The third-order valence-electron chi connectivity index (χ3n) is 3.91. The van der Waals surface area contributed by atoms with Crippen LogP contribution in [0.5, 0.6) is 0 Å². The van der Waals surface area contributed by atoms with Crippen LogP contribution in [0, 0.1) is 0 Å². The molecule has 114 valence electrons. The summed E-state index contributed by atoms with van der Waals surface area (Å²) in [5, 5.41) is 6.50. The summed E-state index contributed by atoms with van der Waals surface area (Å²) in [6.45, 7) is 2.66. The van der Waals surface area contributed by atoms with Crippen molar-refractivity contribution in [3.8, 4) is 11.6 Å². The monoisotopic (exact) mass is 308 g/mol. The van der Waals surface area contributed by atoms with Crippen molar-refractivity contribution in [3.63, 3.8) is 0 Å². The van der Waals surface area contributed by atoms with E-state index in [1.165, 1.54) is 24.2 Å². The molecule has 0 atom stereocenters. The van der Waals surface area contributed by atoms with Crippen LogP contribution < -0.4 is 5.73 Å². The maximum atomic E-state index is 6.06. The molecule has 0 amide bonds. The Bertz CT molecular complexity index is 587. The molecular formula is C14H20N4O2S. The standard InChI is InChI=1S/C14H20N4O2S/c1-2-19-14(7-5-3-4-6-8-14)12-17-11(20-18-12)10-9-21-13(15)16-10/h9H,2-8H2,1H3,(H2,15,16). The Morgan fingerprint density at radius 3 is 2.67 bits per heavy atom. The minimum absolute atomic E-state index is 0.408. The van der Waals surface area contributed by atoms with Gasteiger partial charge in [0.25, 0.3) is 5.89 Å². The number of hydrogen-bond acceptors (Lipinski definition) is 7. The van der Waals surface area contributed by atoms with Crippen LogP contribution in [0.1, 0.15) is 51.3 Å². The molecule has 0 radical (unpaired) electrons. The molecule has 1 aliphatic carbocycles. The van der Waals surface area contributed by atoms with E-state index in [2.05, 4.69) is 15.1 Å². The van der Waals surface area contributed by atoms with Crippen LogP contribution in [0.3, 0.4) is 0 Å². The fraction of sp³-hybridized carbons (Fsp3) is 0.643. The minimum Gasteiger partial charge on any atom is -0.375 e. The van der Waals surface area contributed by atoms with Gasteiger partial charge in [-0.3, -0.25) is 0 Å². The summed E-state index contributed by atoms with van der Waals surface area (Å²) in [6.07, 6.45) is 6.63. The predicted octanol–water partition coefficient (Wildman–Crippen LogP) is 3.36. The number of nitrogens with zero attached hydrogens (tertiary/aromatic N) is 3. The van der Waals surface area contributed by atoms with E-state index in [-0.39, 0.29) is 0 Å². The lowest BCUT2D eigenvalue weighted by atomic mass is 9.93. The highest BCUT2D eigenvalue weighted by molar-refractivity contribution is 7.13. The molecule has 0 aliphatic heterocycles. The van der Waals surface area contributed by atoms with Crippen LogP contribution in [0.25, 0.3) is 11.6 Å². The number of hydrogen-bond donors (Lipinski definition) is 1. The SMILES string of the molecule is CCOC1(c2noc(-c3csc(N)n3)n2)CCCCCC1. The second kappa shape index (κ2) is 6.11. The molecule has 0 saturated heterocycles. The highest BCUT2D eigenvalue weighted by atomic mass is 32.1. The van der Waals surface area contributed by atoms with Gasteiger partial charge >= 0.3 is 0 Å². The van der Waals surface area contributed by atoms with Crippen molar-refractivity contribution in [1.82, 2.24) is 15.1 Å². The third kappa shape index (κ3) is 2.94. The summed E-state index contributed by atoms with van der Waals surface area (Å²) < 4.78 is 11.4. The number of ether oxygens (including phenoxy) is 1. The summed E-state index contributed by atoms with van der Waals surface area (Å²) in [7, 11) is 0.